The molecule has 1 unspecified atom stereocenters. The lowest BCUT2D eigenvalue weighted by molar-refractivity contribution is -0.148. The van der Waals surface area contributed by atoms with Gasteiger partial charge in [0.15, 0.2) is 0 Å². The van der Waals surface area contributed by atoms with Crippen molar-refractivity contribution in [2.75, 3.05) is 19.8 Å². The largest absolute Gasteiger partial charge is 0.406 e. The average molecular weight is 336 g/mol. The van der Waals surface area contributed by atoms with Crippen LogP contribution in [-0.4, -0.2) is 47.8 Å². The molecule has 1 fully saturated rings. The minimum atomic E-state index is -4.43. The molecule has 22 heavy (non-hydrogen) atoms. The lowest BCUT2D eigenvalue weighted by atomic mass is 10.1. The Balaban J connectivity index is 2.20. The van der Waals surface area contributed by atoms with Gasteiger partial charge < -0.3 is 9.64 Å². The van der Waals surface area contributed by atoms with E-state index >= 15 is 0 Å². The first-order chi connectivity index (χ1) is 10.3. The van der Waals surface area contributed by atoms with Crippen LogP contribution < -0.4 is 0 Å². The van der Waals surface area contributed by atoms with Gasteiger partial charge in [-0.05, 0) is 12.8 Å². The van der Waals surface area contributed by atoms with Crippen molar-refractivity contribution < 1.29 is 22.7 Å². The third-order valence-corrected chi connectivity index (χ3v) is 4.70. The van der Waals surface area contributed by atoms with Crippen LogP contribution in [0.5, 0.6) is 0 Å². The Hall–Kier alpha value is -1.15. The predicted molar refractivity (Wildman–Crippen MR) is 77.1 cm³/mol. The summed E-state index contributed by atoms with van der Waals surface area (Å²) in [5, 5.41) is 0.746. The molecule has 1 aliphatic rings. The molecule has 0 N–H and O–H groups in total. The van der Waals surface area contributed by atoms with Crippen molar-refractivity contribution in [1.29, 1.82) is 0 Å². The number of halogens is 3. The Morgan fingerprint density at radius 3 is 2.77 bits per heavy atom. The number of hydrogen-bond donors (Lipinski definition) is 0. The van der Waals surface area contributed by atoms with E-state index in [1.165, 1.54) is 6.20 Å². The zero-order chi connectivity index (χ0) is 16.3. The molecule has 0 saturated carbocycles. The third kappa shape index (κ3) is 4.42. The van der Waals surface area contributed by atoms with Gasteiger partial charge in [0, 0.05) is 12.5 Å². The molecule has 1 aromatic rings. The molecule has 2 rings (SSSR count). The molecule has 2 heterocycles. The van der Waals surface area contributed by atoms with Crippen molar-refractivity contribution in [3.8, 4) is 0 Å². The minimum Gasteiger partial charge on any atom is -0.379 e. The maximum atomic E-state index is 12.8. The highest BCUT2D eigenvalue weighted by molar-refractivity contribution is 7.13. The van der Waals surface area contributed by atoms with E-state index in [4.69, 9.17) is 4.74 Å². The Morgan fingerprint density at radius 2 is 2.27 bits per heavy atom. The van der Waals surface area contributed by atoms with Crippen LogP contribution >= 0.6 is 11.3 Å². The Labute approximate surface area is 131 Å². The SMILES string of the molecule is CC(C)c1ncc(C(=O)N(CC(F)(F)F)C2CCCOC2)s1. The van der Waals surface area contributed by atoms with Crippen LogP contribution in [0, 0.1) is 0 Å². The van der Waals surface area contributed by atoms with Crippen molar-refractivity contribution in [2.24, 2.45) is 0 Å². The molecule has 1 amide bonds. The van der Waals surface area contributed by atoms with Gasteiger partial charge in [-0.1, -0.05) is 13.8 Å². The highest BCUT2D eigenvalue weighted by Gasteiger charge is 2.38. The van der Waals surface area contributed by atoms with Crippen LogP contribution in [0.2, 0.25) is 0 Å². The number of ether oxygens (including phenoxy) is 1. The van der Waals surface area contributed by atoms with E-state index in [9.17, 15) is 18.0 Å². The molecule has 4 nitrogen and oxygen atoms in total. The average Bonchev–Trinajstić information content (AvgIpc) is 2.94. The third-order valence-electron chi connectivity index (χ3n) is 3.42. The molecule has 1 aromatic heterocycles. The zero-order valence-corrected chi connectivity index (χ0v) is 13.3. The van der Waals surface area contributed by atoms with Crippen LogP contribution in [0.4, 0.5) is 13.2 Å². The number of alkyl halides is 3. The summed E-state index contributed by atoms with van der Waals surface area (Å²) < 4.78 is 43.7. The van der Waals surface area contributed by atoms with Gasteiger partial charge in [0.1, 0.15) is 11.4 Å². The first-order valence-electron chi connectivity index (χ1n) is 7.19. The van der Waals surface area contributed by atoms with Crippen LogP contribution in [-0.2, 0) is 4.74 Å². The lowest BCUT2D eigenvalue weighted by Gasteiger charge is -2.34. The second-order valence-corrected chi connectivity index (χ2v) is 6.70. The van der Waals surface area contributed by atoms with E-state index in [0.717, 1.165) is 21.2 Å². The second-order valence-electron chi connectivity index (χ2n) is 5.64. The summed E-state index contributed by atoms with van der Waals surface area (Å²) in [5.41, 5.74) is 0. The van der Waals surface area contributed by atoms with Gasteiger partial charge in [-0.15, -0.1) is 11.3 Å². The monoisotopic (exact) mass is 336 g/mol. The second kappa shape index (κ2) is 6.95. The molecular formula is C14H19F3N2O2S. The van der Waals surface area contributed by atoms with Gasteiger partial charge in [0.2, 0.25) is 0 Å². The molecular weight excluding hydrogens is 317 g/mol. The van der Waals surface area contributed by atoms with E-state index in [1.54, 1.807) is 0 Å². The summed E-state index contributed by atoms with van der Waals surface area (Å²) in [6, 6.07) is -0.535. The molecule has 1 atom stereocenters. The molecule has 0 aliphatic carbocycles. The molecule has 0 bridgehead atoms. The quantitative estimate of drug-likeness (QED) is 0.846. The fourth-order valence-electron chi connectivity index (χ4n) is 2.32. The fraction of sp³-hybridized carbons (Fsp3) is 0.714. The number of rotatable bonds is 4. The number of carbonyl (C=O) groups is 1. The zero-order valence-electron chi connectivity index (χ0n) is 12.5. The maximum absolute atomic E-state index is 12.8. The van der Waals surface area contributed by atoms with Gasteiger partial charge in [0.05, 0.1) is 23.9 Å². The van der Waals surface area contributed by atoms with Crippen molar-refractivity contribution in [3.63, 3.8) is 0 Å². The lowest BCUT2D eigenvalue weighted by Crippen LogP contribution is -2.48. The van der Waals surface area contributed by atoms with Crippen molar-refractivity contribution in [1.82, 2.24) is 9.88 Å². The number of aromatic nitrogens is 1. The van der Waals surface area contributed by atoms with E-state index in [1.807, 2.05) is 13.8 Å². The van der Waals surface area contributed by atoms with E-state index in [0.29, 0.717) is 19.4 Å². The first kappa shape index (κ1) is 17.2. The number of carbonyl (C=O) groups excluding carboxylic acids is 1. The smallest absolute Gasteiger partial charge is 0.379 e. The molecule has 0 radical (unpaired) electrons. The van der Waals surface area contributed by atoms with Crippen LogP contribution in [0.3, 0.4) is 0 Å². The number of hydrogen-bond acceptors (Lipinski definition) is 4. The minimum absolute atomic E-state index is 0.139. The Kier molecular flexibility index (Phi) is 5.44. The Bertz CT molecular complexity index is 510. The van der Waals surface area contributed by atoms with Gasteiger partial charge in [-0.3, -0.25) is 4.79 Å². The maximum Gasteiger partial charge on any atom is 0.406 e. The highest BCUT2D eigenvalue weighted by atomic mass is 32.1. The summed E-state index contributed by atoms with van der Waals surface area (Å²) in [5.74, 6) is -0.474. The predicted octanol–water partition coefficient (Wildman–Crippen LogP) is 3.45. The van der Waals surface area contributed by atoms with Gasteiger partial charge in [0.25, 0.3) is 5.91 Å². The topological polar surface area (TPSA) is 42.4 Å². The standard InChI is InChI=1S/C14H19F3N2O2S/c1-9(2)12-18-6-11(22-12)13(20)19(8-14(15,16)17)10-4-3-5-21-7-10/h6,9-10H,3-5,7-8H2,1-2H3. The molecule has 1 saturated heterocycles. The van der Waals surface area contributed by atoms with E-state index in [-0.39, 0.29) is 17.4 Å². The summed E-state index contributed by atoms with van der Waals surface area (Å²) in [4.78, 5) is 17.8. The molecule has 0 aromatic carbocycles. The highest BCUT2D eigenvalue weighted by Crippen LogP contribution is 2.27. The molecule has 8 heteroatoms. The van der Waals surface area contributed by atoms with Crippen molar-refractivity contribution in [3.05, 3.63) is 16.1 Å². The molecule has 1 aliphatic heterocycles. The van der Waals surface area contributed by atoms with E-state index in [2.05, 4.69) is 4.98 Å². The summed E-state index contributed by atoms with van der Waals surface area (Å²) >= 11 is 1.16. The van der Waals surface area contributed by atoms with Crippen LogP contribution in [0.25, 0.3) is 0 Å². The summed E-state index contributed by atoms with van der Waals surface area (Å²) in [6.07, 6.45) is -1.88. The van der Waals surface area contributed by atoms with Crippen LogP contribution in [0.1, 0.15) is 47.3 Å². The Morgan fingerprint density at radius 1 is 1.55 bits per heavy atom. The molecule has 124 valence electrons. The van der Waals surface area contributed by atoms with E-state index < -0.39 is 24.7 Å². The van der Waals surface area contributed by atoms with Crippen LogP contribution in [0.15, 0.2) is 6.20 Å². The summed E-state index contributed by atoms with van der Waals surface area (Å²) in [6.45, 7) is 3.28. The van der Waals surface area contributed by atoms with Gasteiger partial charge in [-0.25, -0.2) is 4.98 Å². The number of thiazole rings is 1. The first-order valence-corrected chi connectivity index (χ1v) is 8.01. The number of nitrogens with zero attached hydrogens (tertiary/aromatic N) is 2. The van der Waals surface area contributed by atoms with Crippen molar-refractivity contribution >= 4 is 17.2 Å². The number of amides is 1. The summed E-state index contributed by atoms with van der Waals surface area (Å²) in [7, 11) is 0. The molecule has 0 spiro atoms. The van der Waals surface area contributed by atoms with Gasteiger partial charge >= 0.3 is 6.18 Å². The normalized spacial score (nSPS) is 19.5. The van der Waals surface area contributed by atoms with Crippen molar-refractivity contribution in [2.45, 2.75) is 44.8 Å². The van der Waals surface area contributed by atoms with Gasteiger partial charge in [-0.2, -0.15) is 13.2 Å². The fourth-order valence-corrected chi connectivity index (χ4v) is 3.20.